The Balaban J connectivity index is 1.23. The Morgan fingerprint density at radius 1 is 1.15 bits per heavy atom. The van der Waals surface area contributed by atoms with Crippen LogP contribution in [0.2, 0.25) is 0 Å². The molecule has 2 amide bonds. The number of benzene rings is 2. The van der Waals surface area contributed by atoms with Gasteiger partial charge in [-0.1, -0.05) is 23.4 Å². The van der Waals surface area contributed by atoms with Gasteiger partial charge in [-0.25, -0.2) is 9.18 Å². The Labute approximate surface area is 190 Å². The van der Waals surface area contributed by atoms with E-state index in [1.54, 1.807) is 0 Å². The molecule has 9 heteroatoms. The summed E-state index contributed by atoms with van der Waals surface area (Å²) in [5.74, 6) is 0.980. The summed E-state index contributed by atoms with van der Waals surface area (Å²) < 4.78 is 30.0. The molecular weight excluding hydrogens is 429 g/mol. The standard InChI is InChI=1S/C24H26FN3O5/c25-16-6-8-17(9-7-16)27-24(30)26-14-23-22(29)11-10-20(32-23)12-18-13-21(33-28-18)15-31-19-4-2-1-3-5-19/h1-9,13,20,22-23,29H,10-12,14-15H2,(H2,26,27,30)/t20-,22-,23+/m0/s1. The van der Waals surface area contributed by atoms with Crippen molar-refractivity contribution in [2.24, 2.45) is 0 Å². The molecule has 0 aliphatic carbocycles. The van der Waals surface area contributed by atoms with Crippen molar-refractivity contribution in [3.05, 3.63) is 77.9 Å². The summed E-state index contributed by atoms with van der Waals surface area (Å²) in [5, 5.41) is 19.7. The molecule has 2 heterocycles. The molecule has 0 bridgehead atoms. The Morgan fingerprint density at radius 3 is 2.73 bits per heavy atom. The molecule has 8 nitrogen and oxygen atoms in total. The lowest BCUT2D eigenvalue weighted by molar-refractivity contribution is -0.113. The van der Waals surface area contributed by atoms with Crippen molar-refractivity contribution in [1.29, 1.82) is 0 Å². The first kappa shape index (κ1) is 22.8. The zero-order valence-electron chi connectivity index (χ0n) is 17.9. The second kappa shape index (κ2) is 10.9. The number of anilines is 1. The van der Waals surface area contributed by atoms with Crippen LogP contribution in [0, 0.1) is 5.82 Å². The largest absolute Gasteiger partial charge is 0.486 e. The van der Waals surface area contributed by atoms with Gasteiger partial charge in [-0.2, -0.15) is 0 Å². The predicted molar refractivity (Wildman–Crippen MR) is 118 cm³/mol. The van der Waals surface area contributed by atoms with Crippen LogP contribution in [0.5, 0.6) is 5.75 Å². The Morgan fingerprint density at radius 2 is 1.94 bits per heavy atom. The van der Waals surface area contributed by atoms with Crippen molar-refractivity contribution in [1.82, 2.24) is 10.5 Å². The van der Waals surface area contributed by atoms with Gasteiger partial charge in [0.15, 0.2) is 5.76 Å². The van der Waals surface area contributed by atoms with E-state index < -0.39 is 18.2 Å². The maximum Gasteiger partial charge on any atom is 0.319 e. The number of hydrogen-bond donors (Lipinski definition) is 3. The summed E-state index contributed by atoms with van der Waals surface area (Å²) in [6.07, 6.45) is 0.365. The van der Waals surface area contributed by atoms with Crippen molar-refractivity contribution < 1.29 is 28.3 Å². The van der Waals surface area contributed by atoms with Gasteiger partial charge in [0.2, 0.25) is 0 Å². The van der Waals surface area contributed by atoms with E-state index in [-0.39, 0.29) is 25.1 Å². The fraction of sp³-hybridized carbons (Fsp3) is 0.333. The van der Waals surface area contributed by atoms with Gasteiger partial charge in [0, 0.05) is 24.7 Å². The predicted octanol–water partition coefficient (Wildman–Crippen LogP) is 3.67. The summed E-state index contributed by atoms with van der Waals surface area (Å²) in [7, 11) is 0. The van der Waals surface area contributed by atoms with E-state index in [4.69, 9.17) is 14.0 Å². The highest BCUT2D eigenvalue weighted by Gasteiger charge is 2.30. The van der Waals surface area contributed by atoms with Crippen molar-refractivity contribution in [2.45, 2.75) is 44.2 Å². The summed E-state index contributed by atoms with van der Waals surface area (Å²) >= 11 is 0. The van der Waals surface area contributed by atoms with E-state index in [2.05, 4.69) is 15.8 Å². The molecule has 3 N–H and O–H groups in total. The molecule has 1 aromatic heterocycles. The van der Waals surface area contributed by atoms with Crippen LogP contribution < -0.4 is 15.4 Å². The van der Waals surface area contributed by atoms with Crippen LogP contribution in [0.25, 0.3) is 0 Å². The molecule has 3 atom stereocenters. The van der Waals surface area contributed by atoms with Crippen LogP contribution in [-0.2, 0) is 17.8 Å². The van der Waals surface area contributed by atoms with Crippen LogP contribution in [0.1, 0.15) is 24.3 Å². The number of nitrogens with zero attached hydrogens (tertiary/aromatic N) is 1. The molecule has 1 aliphatic rings. The van der Waals surface area contributed by atoms with Crippen LogP contribution in [-0.4, -0.2) is 41.2 Å². The number of halogens is 1. The highest BCUT2D eigenvalue weighted by Crippen LogP contribution is 2.23. The number of nitrogens with one attached hydrogen (secondary N) is 2. The monoisotopic (exact) mass is 455 g/mol. The van der Waals surface area contributed by atoms with Crippen molar-refractivity contribution in [3.63, 3.8) is 0 Å². The minimum Gasteiger partial charge on any atom is -0.486 e. The lowest BCUT2D eigenvalue weighted by atomic mass is 9.98. The molecule has 33 heavy (non-hydrogen) atoms. The van der Waals surface area contributed by atoms with Crippen LogP contribution >= 0.6 is 0 Å². The molecule has 0 saturated carbocycles. The van der Waals surface area contributed by atoms with Gasteiger partial charge in [0.1, 0.15) is 24.3 Å². The lowest BCUT2D eigenvalue weighted by Gasteiger charge is -2.33. The number of hydrogen-bond acceptors (Lipinski definition) is 6. The number of aliphatic hydroxyl groups is 1. The zero-order chi connectivity index (χ0) is 23.0. The fourth-order valence-corrected chi connectivity index (χ4v) is 3.61. The molecule has 1 aliphatic heterocycles. The van der Waals surface area contributed by atoms with Crippen LogP contribution in [0.3, 0.4) is 0 Å². The minimum absolute atomic E-state index is 0.139. The molecule has 4 rings (SSSR count). The first-order chi connectivity index (χ1) is 16.0. The summed E-state index contributed by atoms with van der Waals surface area (Å²) in [5.41, 5.74) is 1.21. The molecule has 0 spiro atoms. The van der Waals surface area contributed by atoms with E-state index in [0.29, 0.717) is 30.7 Å². The molecule has 3 aromatic rings. The number of ether oxygens (including phenoxy) is 2. The molecule has 1 saturated heterocycles. The average Bonchev–Trinajstić information content (AvgIpc) is 3.27. The quantitative estimate of drug-likeness (QED) is 0.479. The van der Waals surface area contributed by atoms with E-state index >= 15 is 0 Å². The van der Waals surface area contributed by atoms with Gasteiger partial charge in [0.05, 0.1) is 17.9 Å². The van der Waals surface area contributed by atoms with E-state index in [1.807, 2.05) is 36.4 Å². The number of carbonyl (C=O) groups excluding carboxylic acids is 1. The van der Waals surface area contributed by atoms with Gasteiger partial charge in [-0.05, 0) is 49.2 Å². The van der Waals surface area contributed by atoms with E-state index in [0.717, 1.165) is 11.4 Å². The number of amides is 2. The first-order valence-corrected chi connectivity index (χ1v) is 10.8. The highest BCUT2D eigenvalue weighted by molar-refractivity contribution is 5.89. The van der Waals surface area contributed by atoms with Crippen LogP contribution in [0.4, 0.5) is 14.9 Å². The molecule has 174 valence electrons. The third kappa shape index (κ3) is 6.77. The third-order valence-corrected chi connectivity index (χ3v) is 5.32. The van der Waals surface area contributed by atoms with Crippen molar-refractivity contribution >= 4 is 11.7 Å². The Hall–Kier alpha value is -3.43. The summed E-state index contributed by atoms with van der Waals surface area (Å²) in [4.78, 5) is 12.1. The molecule has 0 unspecified atom stereocenters. The van der Waals surface area contributed by atoms with Gasteiger partial charge in [-0.15, -0.1) is 0 Å². The number of para-hydroxylation sites is 1. The average molecular weight is 455 g/mol. The zero-order valence-corrected chi connectivity index (χ0v) is 17.9. The van der Waals surface area contributed by atoms with Crippen LogP contribution in [0.15, 0.2) is 65.2 Å². The Kier molecular flexibility index (Phi) is 7.54. The number of rotatable bonds is 8. The van der Waals surface area contributed by atoms with Gasteiger partial charge in [0.25, 0.3) is 0 Å². The molecular formula is C24H26FN3O5. The Bertz CT molecular complexity index is 1030. The first-order valence-electron chi connectivity index (χ1n) is 10.8. The van der Waals surface area contributed by atoms with Gasteiger partial charge < -0.3 is 29.7 Å². The normalized spacial score (nSPS) is 20.2. The minimum atomic E-state index is -0.681. The number of carbonyl (C=O) groups is 1. The molecule has 0 radical (unpaired) electrons. The van der Waals surface area contributed by atoms with Gasteiger partial charge >= 0.3 is 6.03 Å². The number of urea groups is 1. The maximum atomic E-state index is 13.0. The summed E-state index contributed by atoms with van der Waals surface area (Å²) in [6, 6.07) is 16.3. The number of aromatic nitrogens is 1. The lowest BCUT2D eigenvalue weighted by Crippen LogP contribution is -2.47. The van der Waals surface area contributed by atoms with Crippen molar-refractivity contribution in [3.8, 4) is 5.75 Å². The second-order valence-corrected chi connectivity index (χ2v) is 7.87. The van der Waals surface area contributed by atoms with E-state index in [9.17, 15) is 14.3 Å². The molecule has 1 fully saturated rings. The topological polar surface area (TPSA) is 106 Å². The fourth-order valence-electron chi connectivity index (χ4n) is 3.61. The van der Waals surface area contributed by atoms with Gasteiger partial charge in [-0.3, -0.25) is 0 Å². The molecule has 2 aromatic carbocycles. The highest BCUT2D eigenvalue weighted by atomic mass is 19.1. The van der Waals surface area contributed by atoms with E-state index in [1.165, 1.54) is 24.3 Å². The SMILES string of the molecule is O=C(NC[C@H]1O[C@H](Cc2cc(COc3ccccc3)on2)CC[C@@H]1O)Nc1ccc(F)cc1. The third-order valence-electron chi connectivity index (χ3n) is 5.32. The summed E-state index contributed by atoms with van der Waals surface area (Å²) in [6.45, 7) is 0.413. The smallest absolute Gasteiger partial charge is 0.319 e. The van der Waals surface area contributed by atoms with Crippen molar-refractivity contribution in [2.75, 3.05) is 11.9 Å². The second-order valence-electron chi connectivity index (χ2n) is 7.87. The number of aliphatic hydroxyl groups excluding tert-OH is 1. The maximum absolute atomic E-state index is 13.0.